The van der Waals surface area contributed by atoms with Gasteiger partial charge in [0.05, 0.1) is 5.71 Å². The average Bonchev–Trinajstić information content (AvgIpc) is 2.52. The molecule has 0 saturated heterocycles. The molecular formula is C10H19NO. The van der Waals surface area contributed by atoms with Crippen LogP contribution in [0.3, 0.4) is 0 Å². The van der Waals surface area contributed by atoms with Gasteiger partial charge in [0.2, 0.25) is 0 Å². The summed E-state index contributed by atoms with van der Waals surface area (Å²) in [7, 11) is 0. The maximum atomic E-state index is 8.68. The molecule has 1 N–H and O–H groups in total. The van der Waals surface area contributed by atoms with Crippen molar-refractivity contribution in [2.24, 2.45) is 11.1 Å². The van der Waals surface area contributed by atoms with E-state index in [0.717, 1.165) is 12.1 Å². The van der Waals surface area contributed by atoms with E-state index in [-0.39, 0.29) is 0 Å². The summed E-state index contributed by atoms with van der Waals surface area (Å²) in [6.07, 6.45) is 8.59. The average molecular weight is 169 g/mol. The summed E-state index contributed by atoms with van der Waals surface area (Å²) >= 11 is 0. The van der Waals surface area contributed by atoms with Crippen LogP contribution in [-0.2, 0) is 0 Å². The third-order valence-electron chi connectivity index (χ3n) is 2.74. The Balaban J connectivity index is 2.22. The number of unbranched alkanes of at least 4 members (excludes halogenated alkanes) is 2. The van der Waals surface area contributed by atoms with Crippen molar-refractivity contribution in [2.75, 3.05) is 0 Å². The molecule has 0 bridgehead atoms. The van der Waals surface area contributed by atoms with E-state index in [1.54, 1.807) is 0 Å². The van der Waals surface area contributed by atoms with Gasteiger partial charge >= 0.3 is 0 Å². The van der Waals surface area contributed by atoms with Gasteiger partial charge in [-0.1, -0.05) is 31.3 Å². The van der Waals surface area contributed by atoms with Gasteiger partial charge in [-0.05, 0) is 25.7 Å². The van der Waals surface area contributed by atoms with Crippen LogP contribution in [0.5, 0.6) is 0 Å². The van der Waals surface area contributed by atoms with E-state index in [4.69, 9.17) is 5.21 Å². The molecule has 1 saturated carbocycles. The second-order valence-corrected chi connectivity index (χ2v) is 3.68. The van der Waals surface area contributed by atoms with Crippen molar-refractivity contribution in [3.8, 4) is 0 Å². The van der Waals surface area contributed by atoms with Gasteiger partial charge in [0.25, 0.3) is 0 Å². The molecule has 1 fully saturated rings. The first-order chi connectivity index (χ1) is 5.88. The van der Waals surface area contributed by atoms with E-state index in [0.29, 0.717) is 5.92 Å². The van der Waals surface area contributed by atoms with Crippen LogP contribution in [0.25, 0.3) is 0 Å². The number of oxime groups is 1. The maximum absolute atomic E-state index is 8.68. The van der Waals surface area contributed by atoms with Gasteiger partial charge in [0, 0.05) is 5.92 Å². The second-order valence-electron chi connectivity index (χ2n) is 3.68. The predicted octanol–water partition coefficient (Wildman–Crippen LogP) is 3.20. The highest BCUT2D eigenvalue weighted by Gasteiger charge is 2.21. The zero-order chi connectivity index (χ0) is 8.81. The fourth-order valence-corrected chi connectivity index (χ4v) is 1.98. The first-order valence-electron chi connectivity index (χ1n) is 5.09. The van der Waals surface area contributed by atoms with Crippen molar-refractivity contribution >= 4 is 5.71 Å². The Bertz CT molecular complexity index is 154. The van der Waals surface area contributed by atoms with Gasteiger partial charge < -0.3 is 5.21 Å². The molecular weight excluding hydrogens is 150 g/mol. The minimum absolute atomic E-state index is 0.599. The highest BCUT2D eigenvalue weighted by Crippen LogP contribution is 2.27. The molecule has 0 amide bonds. The van der Waals surface area contributed by atoms with Gasteiger partial charge in [-0.15, -0.1) is 0 Å². The number of nitrogens with zero attached hydrogens (tertiary/aromatic N) is 1. The van der Waals surface area contributed by atoms with Crippen LogP contribution in [-0.4, -0.2) is 10.9 Å². The van der Waals surface area contributed by atoms with Crippen LogP contribution < -0.4 is 0 Å². The molecule has 2 heteroatoms. The molecule has 70 valence electrons. The molecule has 0 aromatic heterocycles. The fourth-order valence-electron chi connectivity index (χ4n) is 1.98. The number of hydrogen-bond donors (Lipinski definition) is 1. The molecule has 1 rings (SSSR count). The van der Waals surface area contributed by atoms with Crippen LogP contribution in [0.4, 0.5) is 0 Å². The van der Waals surface area contributed by atoms with Gasteiger partial charge in [0.15, 0.2) is 0 Å². The Kier molecular flexibility index (Phi) is 4.12. The largest absolute Gasteiger partial charge is 0.411 e. The van der Waals surface area contributed by atoms with Crippen molar-refractivity contribution in [3.05, 3.63) is 0 Å². The summed E-state index contributed by atoms with van der Waals surface area (Å²) in [6.45, 7) is 2.22. The zero-order valence-corrected chi connectivity index (χ0v) is 7.92. The highest BCUT2D eigenvalue weighted by molar-refractivity contribution is 5.87. The zero-order valence-electron chi connectivity index (χ0n) is 7.92. The molecule has 1 unspecified atom stereocenters. The first kappa shape index (κ1) is 9.56. The van der Waals surface area contributed by atoms with Crippen molar-refractivity contribution in [3.63, 3.8) is 0 Å². The molecule has 0 radical (unpaired) electrons. The monoisotopic (exact) mass is 169 g/mol. The molecule has 1 atom stereocenters. The molecule has 0 aliphatic heterocycles. The number of hydrogen-bond acceptors (Lipinski definition) is 2. The molecule has 1 aliphatic rings. The van der Waals surface area contributed by atoms with E-state index < -0.39 is 0 Å². The van der Waals surface area contributed by atoms with Gasteiger partial charge in [0.1, 0.15) is 0 Å². The van der Waals surface area contributed by atoms with Crippen LogP contribution in [0.15, 0.2) is 5.16 Å². The lowest BCUT2D eigenvalue weighted by molar-refractivity contribution is 0.314. The SMILES string of the molecule is CCCCCC1CCCC1=NO. The third kappa shape index (κ3) is 2.50. The van der Waals surface area contributed by atoms with E-state index in [9.17, 15) is 0 Å². The van der Waals surface area contributed by atoms with Crippen LogP contribution in [0, 0.1) is 5.92 Å². The Morgan fingerprint density at radius 2 is 2.33 bits per heavy atom. The number of rotatable bonds is 4. The summed E-state index contributed by atoms with van der Waals surface area (Å²) in [6, 6.07) is 0. The van der Waals surface area contributed by atoms with Gasteiger partial charge in [-0.2, -0.15) is 0 Å². The van der Waals surface area contributed by atoms with Crippen molar-refractivity contribution in [1.29, 1.82) is 0 Å². The van der Waals surface area contributed by atoms with Crippen molar-refractivity contribution in [2.45, 2.75) is 51.9 Å². The minimum Gasteiger partial charge on any atom is -0.411 e. The topological polar surface area (TPSA) is 32.6 Å². The summed E-state index contributed by atoms with van der Waals surface area (Å²) in [5.74, 6) is 0.599. The van der Waals surface area contributed by atoms with E-state index in [2.05, 4.69) is 12.1 Å². The first-order valence-corrected chi connectivity index (χ1v) is 5.09. The standard InChI is InChI=1S/C10H19NO/c1-2-3-4-6-9-7-5-8-10(9)11-12/h9,12H,2-8H2,1H3. The van der Waals surface area contributed by atoms with Crippen LogP contribution >= 0.6 is 0 Å². The van der Waals surface area contributed by atoms with E-state index in [1.165, 1.54) is 38.5 Å². The maximum Gasteiger partial charge on any atom is 0.0601 e. The summed E-state index contributed by atoms with van der Waals surface area (Å²) in [5.41, 5.74) is 1.05. The van der Waals surface area contributed by atoms with Gasteiger partial charge in [-0.25, -0.2) is 0 Å². The van der Waals surface area contributed by atoms with Crippen molar-refractivity contribution < 1.29 is 5.21 Å². The summed E-state index contributed by atoms with van der Waals surface area (Å²) in [5, 5.41) is 12.0. The highest BCUT2D eigenvalue weighted by atomic mass is 16.4. The van der Waals surface area contributed by atoms with E-state index >= 15 is 0 Å². The second kappa shape index (κ2) is 5.18. The molecule has 12 heavy (non-hydrogen) atoms. The summed E-state index contributed by atoms with van der Waals surface area (Å²) < 4.78 is 0. The third-order valence-corrected chi connectivity index (χ3v) is 2.74. The Labute approximate surface area is 74.7 Å². The molecule has 1 aliphatic carbocycles. The molecule has 0 aromatic carbocycles. The normalized spacial score (nSPS) is 26.8. The Morgan fingerprint density at radius 3 is 3.00 bits per heavy atom. The quantitative estimate of drug-likeness (QED) is 0.391. The minimum atomic E-state index is 0.599. The van der Waals surface area contributed by atoms with Crippen LogP contribution in [0.1, 0.15) is 51.9 Å². The molecule has 0 spiro atoms. The smallest absolute Gasteiger partial charge is 0.0601 e. The fraction of sp³-hybridized carbons (Fsp3) is 0.900. The van der Waals surface area contributed by atoms with Gasteiger partial charge in [-0.3, -0.25) is 0 Å². The predicted molar refractivity (Wildman–Crippen MR) is 50.7 cm³/mol. The summed E-state index contributed by atoms with van der Waals surface area (Å²) in [4.78, 5) is 0. The molecule has 2 nitrogen and oxygen atoms in total. The molecule has 0 heterocycles. The lowest BCUT2D eigenvalue weighted by Gasteiger charge is -2.08. The lowest BCUT2D eigenvalue weighted by atomic mass is 9.99. The lowest BCUT2D eigenvalue weighted by Crippen LogP contribution is -2.06. The van der Waals surface area contributed by atoms with Crippen molar-refractivity contribution in [1.82, 2.24) is 0 Å². The molecule has 0 aromatic rings. The Hall–Kier alpha value is -0.530. The Morgan fingerprint density at radius 1 is 1.50 bits per heavy atom. The van der Waals surface area contributed by atoms with Crippen LogP contribution in [0.2, 0.25) is 0 Å². The van der Waals surface area contributed by atoms with E-state index in [1.807, 2.05) is 0 Å².